The summed E-state index contributed by atoms with van der Waals surface area (Å²) in [5.74, 6) is 0.135. The van der Waals surface area contributed by atoms with Crippen molar-refractivity contribution in [2.24, 2.45) is 4.99 Å². The molecule has 7 heteroatoms. The van der Waals surface area contributed by atoms with Crippen molar-refractivity contribution in [1.29, 1.82) is 0 Å². The number of hydrogen-bond donors (Lipinski definition) is 3. The van der Waals surface area contributed by atoms with Crippen molar-refractivity contribution in [2.45, 2.75) is 26.0 Å². The van der Waals surface area contributed by atoms with Gasteiger partial charge in [-0.15, -0.1) is 11.3 Å². The monoisotopic (exact) mass is 369 g/mol. The molecular formula is C17H21ClFN3OS. The first-order valence-corrected chi connectivity index (χ1v) is 8.90. The number of halogens is 2. The zero-order valence-electron chi connectivity index (χ0n) is 13.6. The van der Waals surface area contributed by atoms with Crippen LogP contribution in [0.3, 0.4) is 0 Å². The number of nitrogens with one attached hydrogen (secondary N) is 2. The molecule has 1 heterocycles. The molecule has 24 heavy (non-hydrogen) atoms. The van der Waals surface area contributed by atoms with Gasteiger partial charge in [0.2, 0.25) is 0 Å². The van der Waals surface area contributed by atoms with Crippen molar-refractivity contribution in [3.63, 3.8) is 0 Å². The quantitative estimate of drug-likeness (QED) is 0.539. The fourth-order valence-corrected chi connectivity index (χ4v) is 3.07. The maximum absolute atomic E-state index is 13.2. The number of aliphatic hydroxyl groups is 1. The van der Waals surface area contributed by atoms with Gasteiger partial charge in [-0.1, -0.05) is 23.7 Å². The summed E-state index contributed by atoms with van der Waals surface area (Å²) < 4.78 is 13.2. The lowest BCUT2D eigenvalue weighted by Gasteiger charge is -2.23. The van der Waals surface area contributed by atoms with Crippen LogP contribution in [0.4, 0.5) is 4.39 Å². The molecule has 0 fully saturated rings. The van der Waals surface area contributed by atoms with Crippen molar-refractivity contribution in [2.75, 3.05) is 13.1 Å². The number of benzene rings is 1. The second-order valence-electron chi connectivity index (χ2n) is 5.55. The van der Waals surface area contributed by atoms with E-state index < -0.39 is 11.4 Å². The number of aliphatic imine (C=N–C) groups is 1. The molecule has 0 saturated carbocycles. The Balaban J connectivity index is 2.01. The minimum Gasteiger partial charge on any atom is -0.383 e. The van der Waals surface area contributed by atoms with Crippen molar-refractivity contribution in [3.05, 3.63) is 57.0 Å². The smallest absolute Gasteiger partial charge is 0.191 e. The lowest BCUT2D eigenvalue weighted by Crippen LogP contribution is -2.44. The Bertz CT molecular complexity index is 689. The standard InChI is InChI=1S/C17H21ClFN3OS/c1-3-20-16(21-10-12-6-7-14(19)13(18)9-12)22-11-17(2,23)15-5-4-8-24-15/h4-9,23H,3,10-11H2,1-2H3,(H2,20,21,22). The van der Waals surface area contributed by atoms with Crippen LogP contribution >= 0.6 is 22.9 Å². The number of thiophene rings is 1. The summed E-state index contributed by atoms with van der Waals surface area (Å²) >= 11 is 7.29. The highest BCUT2D eigenvalue weighted by Crippen LogP contribution is 2.24. The lowest BCUT2D eigenvalue weighted by atomic mass is 10.1. The zero-order valence-corrected chi connectivity index (χ0v) is 15.2. The summed E-state index contributed by atoms with van der Waals surface area (Å²) in [4.78, 5) is 5.33. The molecule has 1 aromatic heterocycles. The Kier molecular flexibility index (Phi) is 6.60. The van der Waals surface area contributed by atoms with E-state index >= 15 is 0 Å². The van der Waals surface area contributed by atoms with Crippen molar-refractivity contribution in [3.8, 4) is 0 Å². The maximum atomic E-state index is 13.2. The molecule has 0 aliphatic heterocycles. The number of guanidine groups is 1. The summed E-state index contributed by atoms with van der Waals surface area (Å²) in [6.45, 7) is 5.09. The first kappa shape index (κ1) is 18.7. The highest BCUT2D eigenvalue weighted by molar-refractivity contribution is 7.10. The summed E-state index contributed by atoms with van der Waals surface area (Å²) in [6.07, 6.45) is 0. The summed E-state index contributed by atoms with van der Waals surface area (Å²) in [7, 11) is 0. The minimum absolute atomic E-state index is 0.0845. The van der Waals surface area contributed by atoms with Crippen molar-refractivity contribution in [1.82, 2.24) is 10.6 Å². The molecule has 0 radical (unpaired) electrons. The number of rotatable bonds is 6. The second kappa shape index (κ2) is 8.46. The van der Waals surface area contributed by atoms with Gasteiger partial charge in [-0.05, 0) is 43.0 Å². The van der Waals surface area contributed by atoms with E-state index in [0.717, 1.165) is 10.4 Å². The van der Waals surface area contributed by atoms with Gasteiger partial charge in [-0.3, -0.25) is 0 Å². The third-order valence-corrected chi connectivity index (χ3v) is 4.81. The second-order valence-corrected chi connectivity index (χ2v) is 6.90. The molecule has 1 aromatic carbocycles. The van der Waals surface area contributed by atoms with Crippen LogP contribution in [0.15, 0.2) is 40.7 Å². The lowest BCUT2D eigenvalue weighted by molar-refractivity contribution is 0.0655. The van der Waals surface area contributed by atoms with Gasteiger partial charge in [0.25, 0.3) is 0 Å². The molecule has 0 amide bonds. The summed E-state index contributed by atoms with van der Waals surface area (Å²) in [5.41, 5.74) is -0.174. The Morgan fingerprint density at radius 1 is 1.38 bits per heavy atom. The van der Waals surface area contributed by atoms with Crippen LogP contribution in [-0.4, -0.2) is 24.2 Å². The molecule has 0 spiro atoms. The fraction of sp³-hybridized carbons (Fsp3) is 0.353. The molecule has 0 bridgehead atoms. The van der Waals surface area contributed by atoms with Gasteiger partial charge in [0.1, 0.15) is 11.4 Å². The molecule has 3 N–H and O–H groups in total. The number of nitrogens with zero attached hydrogens (tertiary/aromatic N) is 1. The van der Waals surface area contributed by atoms with Crippen LogP contribution in [-0.2, 0) is 12.1 Å². The molecular weight excluding hydrogens is 349 g/mol. The Labute approximate surface area is 150 Å². The van der Waals surface area contributed by atoms with E-state index in [2.05, 4.69) is 15.6 Å². The molecule has 4 nitrogen and oxygen atoms in total. The van der Waals surface area contributed by atoms with E-state index in [0.29, 0.717) is 25.6 Å². The van der Waals surface area contributed by atoms with Gasteiger partial charge in [0.15, 0.2) is 5.96 Å². The predicted molar refractivity (Wildman–Crippen MR) is 98.1 cm³/mol. The third kappa shape index (κ3) is 5.19. The summed E-state index contributed by atoms with van der Waals surface area (Å²) in [5, 5.41) is 18.8. The van der Waals surface area contributed by atoms with Gasteiger partial charge >= 0.3 is 0 Å². The first-order valence-electron chi connectivity index (χ1n) is 7.65. The molecule has 0 aliphatic rings. The number of hydrogen-bond acceptors (Lipinski definition) is 3. The van der Waals surface area contributed by atoms with E-state index in [9.17, 15) is 9.50 Å². The van der Waals surface area contributed by atoms with Crippen LogP contribution in [0.25, 0.3) is 0 Å². The Morgan fingerprint density at radius 3 is 2.79 bits per heavy atom. The first-order chi connectivity index (χ1) is 11.4. The van der Waals surface area contributed by atoms with E-state index in [1.165, 1.54) is 17.4 Å². The van der Waals surface area contributed by atoms with Crippen LogP contribution in [0.5, 0.6) is 0 Å². The topological polar surface area (TPSA) is 56.7 Å². The van der Waals surface area contributed by atoms with E-state index in [4.69, 9.17) is 11.6 Å². The fourth-order valence-electron chi connectivity index (χ4n) is 2.08. The van der Waals surface area contributed by atoms with Crippen molar-refractivity contribution < 1.29 is 9.50 Å². The predicted octanol–water partition coefficient (Wildman–Crippen LogP) is 3.50. The van der Waals surface area contributed by atoms with Gasteiger partial charge in [-0.2, -0.15) is 0 Å². The Hall–Kier alpha value is -1.63. The maximum Gasteiger partial charge on any atom is 0.191 e. The van der Waals surface area contributed by atoms with Crippen LogP contribution in [0, 0.1) is 5.82 Å². The molecule has 0 aliphatic carbocycles. The molecule has 2 aromatic rings. The SMILES string of the molecule is CCNC(=NCc1ccc(F)c(Cl)c1)NCC(C)(O)c1cccs1. The third-order valence-electron chi connectivity index (χ3n) is 3.40. The van der Waals surface area contributed by atoms with Crippen LogP contribution < -0.4 is 10.6 Å². The molecule has 1 unspecified atom stereocenters. The molecule has 2 rings (SSSR count). The Morgan fingerprint density at radius 2 is 2.17 bits per heavy atom. The minimum atomic E-state index is -0.983. The molecule has 1 atom stereocenters. The zero-order chi connectivity index (χ0) is 17.6. The van der Waals surface area contributed by atoms with Crippen molar-refractivity contribution >= 4 is 28.9 Å². The van der Waals surface area contributed by atoms with Gasteiger partial charge < -0.3 is 15.7 Å². The van der Waals surface area contributed by atoms with Crippen LogP contribution in [0.2, 0.25) is 5.02 Å². The highest BCUT2D eigenvalue weighted by atomic mass is 35.5. The van der Waals surface area contributed by atoms with Gasteiger partial charge in [0, 0.05) is 11.4 Å². The summed E-state index contributed by atoms with van der Waals surface area (Å²) in [6, 6.07) is 8.35. The molecule has 0 saturated heterocycles. The average Bonchev–Trinajstić information content (AvgIpc) is 3.09. The van der Waals surface area contributed by atoms with E-state index in [1.54, 1.807) is 19.1 Å². The van der Waals surface area contributed by atoms with E-state index in [-0.39, 0.29) is 5.02 Å². The normalized spacial score (nSPS) is 14.3. The van der Waals surface area contributed by atoms with Gasteiger partial charge in [-0.25, -0.2) is 9.38 Å². The highest BCUT2D eigenvalue weighted by Gasteiger charge is 2.24. The average molecular weight is 370 g/mol. The van der Waals surface area contributed by atoms with Gasteiger partial charge in [0.05, 0.1) is 18.1 Å². The van der Waals surface area contributed by atoms with Crippen LogP contribution in [0.1, 0.15) is 24.3 Å². The molecule has 130 valence electrons. The largest absolute Gasteiger partial charge is 0.383 e. The van der Waals surface area contributed by atoms with E-state index in [1.807, 2.05) is 24.4 Å².